The SMILES string of the molecule is COC(=O)c1ccc([N+](=O)[O-])c(C(C(=O)OC(C)(C)C)C(=O)OC(C)(C)C)c1. The van der Waals surface area contributed by atoms with E-state index in [1.165, 1.54) is 6.07 Å². The summed E-state index contributed by atoms with van der Waals surface area (Å²) in [5, 5.41) is 11.5. The fourth-order valence-corrected chi connectivity index (χ4v) is 2.27. The molecule has 0 atom stereocenters. The molecular weight excluding hydrogens is 370 g/mol. The number of nitrogens with zero attached hydrogens (tertiary/aromatic N) is 1. The number of nitro groups is 1. The normalized spacial score (nSPS) is 11.7. The van der Waals surface area contributed by atoms with Crippen molar-refractivity contribution in [1.29, 1.82) is 0 Å². The number of carbonyl (C=O) groups excluding carboxylic acids is 3. The molecule has 0 spiro atoms. The summed E-state index contributed by atoms with van der Waals surface area (Å²) in [6, 6.07) is 3.28. The first-order chi connectivity index (χ1) is 12.7. The number of methoxy groups -OCH3 is 1. The summed E-state index contributed by atoms with van der Waals surface area (Å²) in [5.74, 6) is -4.56. The monoisotopic (exact) mass is 395 g/mol. The van der Waals surface area contributed by atoms with Crippen molar-refractivity contribution >= 4 is 23.6 Å². The first kappa shape index (κ1) is 23.1. The van der Waals surface area contributed by atoms with Crippen LogP contribution in [-0.4, -0.2) is 41.1 Å². The fraction of sp³-hybridized carbons (Fsp3) is 0.526. The first-order valence-electron chi connectivity index (χ1n) is 8.48. The number of carbonyl (C=O) groups is 3. The van der Waals surface area contributed by atoms with Gasteiger partial charge in [0.25, 0.3) is 5.69 Å². The van der Waals surface area contributed by atoms with Crippen LogP contribution in [0, 0.1) is 10.1 Å². The first-order valence-corrected chi connectivity index (χ1v) is 8.48. The van der Waals surface area contributed by atoms with E-state index in [2.05, 4.69) is 4.74 Å². The van der Waals surface area contributed by atoms with Crippen LogP contribution in [0.15, 0.2) is 18.2 Å². The molecule has 0 aromatic heterocycles. The van der Waals surface area contributed by atoms with Crippen molar-refractivity contribution in [3.05, 3.63) is 39.4 Å². The Balaban J connectivity index is 3.62. The standard InChI is InChI=1S/C19H25NO8/c1-18(2,3)27-16(22)14(17(23)28-19(4,5)6)12-10-11(15(21)26-7)8-9-13(12)20(24)25/h8-10,14H,1-7H3. The molecule has 0 saturated heterocycles. The van der Waals surface area contributed by atoms with Gasteiger partial charge in [-0.05, 0) is 53.7 Å². The topological polar surface area (TPSA) is 122 Å². The number of nitro benzene ring substituents is 1. The average molecular weight is 395 g/mol. The lowest BCUT2D eigenvalue weighted by Gasteiger charge is -2.26. The van der Waals surface area contributed by atoms with E-state index in [0.717, 1.165) is 19.2 Å². The van der Waals surface area contributed by atoms with Crippen LogP contribution in [0.3, 0.4) is 0 Å². The van der Waals surface area contributed by atoms with E-state index in [0.29, 0.717) is 0 Å². The van der Waals surface area contributed by atoms with Gasteiger partial charge in [0.2, 0.25) is 0 Å². The maximum atomic E-state index is 12.8. The molecule has 0 aliphatic rings. The van der Waals surface area contributed by atoms with Gasteiger partial charge >= 0.3 is 17.9 Å². The van der Waals surface area contributed by atoms with Crippen LogP contribution in [0.5, 0.6) is 0 Å². The maximum Gasteiger partial charge on any atom is 0.337 e. The molecule has 9 nitrogen and oxygen atoms in total. The Kier molecular flexibility index (Phi) is 6.89. The third-order valence-electron chi connectivity index (χ3n) is 3.24. The van der Waals surface area contributed by atoms with Crippen molar-refractivity contribution in [2.24, 2.45) is 0 Å². The van der Waals surface area contributed by atoms with Crippen LogP contribution in [0.25, 0.3) is 0 Å². The second kappa shape index (κ2) is 8.37. The Morgan fingerprint density at radius 1 is 0.964 bits per heavy atom. The second-order valence-electron chi connectivity index (χ2n) is 8.02. The summed E-state index contributed by atoms with van der Waals surface area (Å²) in [7, 11) is 1.14. The van der Waals surface area contributed by atoms with Crippen LogP contribution < -0.4 is 0 Å². The van der Waals surface area contributed by atoms with Gasteiger partial charge in [0.15, 0.2) is 5.92 Å². The second-order valence-corrected chi connectivity index (χ2v) is 8.02. The lowest BCUT2D eigenvalue weighted by Crippen LogP contribution is -2.36. The molecule has 0 amide bonds. The Bertz CT molecular complexity index is 758. The predicted molar refractivity (Wildman–Crippen MR) is 98.9 cm³/mol. The van der Waals surface area contributed by atoms with Gasteiger partial charge in [0.05, 0.1) is 23.2 Å². The number of hydrogen-bond donors (Lipinski definition) is 0. The number of hydrogen-bond acceptors (Lipinski definition) is 8. The predicted octanol–water partition coefficient (Wildman–Crippen LogP) is 3.15. The molecule has 0 bridgehead atoms. The summed E-state index contributed by atoms with van der Waals surface area (Å²) < 4.78 is 15.2. The van der Waals surface area contributed by atoms with Gasteiger partial charge in [-0.1, -0.05) is 0 Å². The molecule has 9 heteroatoms. The summed E-state index contributed by atoms with van der Waals surface area (Å²) in [6.07, 6.45) is 0. The van der Waals surface area contributed by atoms with Gasteiger partial charge in [-0.15, -0.1) is 0 Å². The van der Waals surface area contributed by atoms with Crippen LogP contribution in [0.4, 0.5) is 5.69 Å². The van der Waals surface area contributed by atoms with E-state index in [1.807, 2.05) is 0 Å². The highest BCUT2D eigenvalue weighted by Crippen LogP contribution is 2.32. The van der Waals surface area contributed by atoms with Gasteiger partial charge in [-0.3, -0.25) is 19.7 Å². The zero-order valence-electron chi connectivity index (χ0n) is 17.0. The summed E-state index contributed by atoms with van der Waals surface area (Å²) in [5.41, 5.74) is -2.79. The Morgan fingerprint density at radius 3 is 1.79 bits per heavy atom. The number of ether oxygens (including phenoxy) is 3. The molecule has 0 aliphatic carbocycles. The van der Waals surface area contributed by atoms with Crippen LogP contribution in [-0.2, 0) is 23.8 Å². The third kappa shape index (κ3) is 6.33. The maximum absolute atomic E-state index is 12.8. The number of rotatable bonds is 5. The van der Waals surface area contributed by atoms with E-state index >= 15 is 0 Å². The Morgan fingerprint density at radius 2 is 1.43 bits per heavy atom. The van der Waals surface area contributed by atoms with Crippen molar-refractivity contribution in [3.63, 3.8) is 0 Å². The summed E-state index contributed by atoms with van der Waals surface area (Å²) >= 11 is 0. The van der Waals surface area contributed by atoms with Gasteiger partial charge in [0.1, 0.15) is 11.2 Å². The average Bonchev–Trinajstić information content (AvgIpc) is 2.50. The molecule has 1 rings (SSSR count). The molecule has 0 aliphatic heterocycles. The Labute approximate surface area is 163 Å². The molecule has 0 unspecified atom stereocenters. The molecule has 0 N–H and O–H groups in total. The minimum Gasteiger partial charge on any atom is -0.465 e. The van der Waals surface area contributed by atoms with Gasteiger partial charge in [0, 0.05) is 6.07 Å². The van der Waals surface area contributed by atoms with Crippen LogP contribution in [0.1, 0.15) is 63.4 Å². The van der Waals surface area contributed by atoms with Crippen molar-refractivity contribution < 1.29 is 33.5 Å². The van der Waals surface area contributed by atoms with Crippen molar-refractivity contribution in [1.82, 2.24) is 0 Å². The number of esters is 3. The third-order valence-corrected chi connectivity index (χ3v) is 3.24. The molecule has 28 heavy (non-hydrogen) atoms. The quantitative estimate of drug-likeness (QED) is 0.245. The summed E-state index contributed by atoms with van der Waals surface area (Å²) in [4.78, 5) is 48.1. The minimum absolute atomic E-state index is 0.0554. The molecule has 0 saturated carbocycles. The Hall–Kier alpha value is -2.97. The summed E-state index contributed by atoms with van der Waals surface area (Å²) in [6.45, 7) is 9.56. The zero-order valence-corrected chi connectivity index (χ0v) is 17.0. The van der Waals surface area contributed by atoms with E-state index < -0.39 is 45.6 Å². The molecule has 1 aromatic carbocycles. The molecule has 1 aromatic rings. The largest absolute Gasteiger partial charge is 0.465 e. The lowest BCUT2D eigenvalue weighted by atomic mass is 9.94. The molecule has 0 fully saturated rings. The van der Waals surface area contributed by atoms with Crippen molar-refractivity contribution in [3.8, 4) is 0 Å². The highest BCUT2D eigenvalue weighted by molar-refractivity contribution is 6.02. The van der Waals surface area contributed by atoms with E-state index in [1.54, 1.807) is 41.5 Å². The highest BCUT2D eigenvalue weighted by atomic mass is 16.6. The number of benzene rings is 1. The van der Waals surface area contributed by atoms with Gasteiger partial charge in [-0.25, -0.2) is 4.79 Å². The van der Waals surface area contributed by atoms with Crippen LogP contribution >= 0.6 is 0 Å². The van der Waals surface area contributed by atoms with Crippen molar-refractivity contribution in [2.75, 3.05) is 7.11 Å². The molecular formula is C19H25NO8. The molecule has 0 radical (unpaired) electrons. The van der Waals surface area contributed by atoms with Crippen LogP contribution in [0.2, 0.25) is 0 Å². The smallest absolute Gasteiger partial charge is 0.337 e. The molecule has 154 valence electrons. The van der Waals surface area contributed by atoms with E-state index in [-0.39, 0.29) is 11.1 Å². The van der Waals surface area contributed by atoms with E-state index in [9.17, 15) is 24.5 Å². The highest BCUT2D eigenvalue weighted by Gasteiger charge is 2.40. The van der Waals surface area contributed by atoms with Gasteiger partial charge < -0.3 is 14.2 Å². The minimum atomic E-state index is -1.75. The van der Waals surface area contributed by atoms with E-state index in [4.69, 9.17) is 9.47 Å². The fourth-order valence-electron chi connectivity index (χ4n) is 2.27. The zero-order chi connectivity index (χ0) is 21.9. The van der Waals surface area contributed by atoms with Crippen molar-refractivity contribution in [2.45, 2.75) is 58.7 Å². The lowest BCUT2D eigenvalue weighted by molar-refractivity contribution is -0.385. The van der Waals surface area contributed by atoms with Gasteiger partial charge in [-0.2, -0.15) is 0 Å². The molecule has 0 heterocycles.